The molecule has 0 fully saturated rings. The van der Waals surface area contributed by atoms with E-state index in [1.54, 1.807) is 25.3 Å². The van der Waals surface area contributed by atoms with Gasteiger partial charge in [0.05, 0.1) is 29.9 Å². The highest BCUT2D eigenvalue weighted by Crippen LogP contribution is 2.22. The Morgan fingerprint density at radius 3 is 2.46 bits per heavy atom. The number of amides is 1. The van der Waals surface area contributed by atoms with E-state index in [-0.39, 0.29) is 12.5 Å². The molecule has 1 aromatic heterocycles. The number of carbonyl (C=O) groups is 1. The maximum atomic E-state index is 12.1. The number of aromatic nitrogens is 2. The summed E-state index contributed by atoms with van der Waals surface area (Å²) >= 11 is 11.8. The Balaban J connectivity index is 1.49. The maximum Gasteiger partial charge on any atom is 0.252 e. The second kappa shape index (κ2) is 9.39. The second-order valence-electron chi connectivity index (χ2n) is 5.71. The molecule has 0 bridgehead atoms. The summed E-state index contributed by atoms with van der Waals surface area (Å²) in [6.07, 6.45) is 0. The van der Waals surface area contributed by atoms with Crippen molar-refractivity contribution in [1.29, 1.82) is 0 Å². The van der Waals surface area contributed by atoms with Crippen molar-refractivity contribution in [1.82, 2.24) is 15.5 Å². The summed E-state index contributed by atoms with van der Waals surface area (Å²) in [6.45, 7) is 0.535. The molecule has 0 saturated heterocycles. The third-order valence-corrected chi connectivity index (χ3v) is 4.39. The van der Waals surface area contributed by atoms with E-state index in [1.165, 1.54) is 6.07 Å². The predicted molar refractivity (Wildman–Crippen MR) is 108 cm³/mol. The van der Waals surface area contributed by atoms with Crippen LogP contribution in [-0.2, 0) is 0 Å². The number of benzene rings is 2. The molecule has 1 amide bonds. The van der Waals surface area contributed by atoms with Gasteiger partial charge in [0.2, 0.25) is 5.88 Å². The van der Waals surface area contributed by atoms with E-state index in [4.69, 9.17) is 32.7 Å². The first-order valence-electron chi connectivity index (χ1n) is 8.41. The molecule has 0 aliphatic rings. The number of methoxy groups -OCH3 is 1. The molecular formula is C20H17Cl2N3O3. The molecule has 3 aromatic rings. The largest absolute Gasteiger partial charge is 0.497 e. The van der Waals surface area contributed by atoms with Gasteiger partial charge in [0, 0.05) is 16.7 Å². The molecule has 0 atom stereocenters. The molecule has 0 radical (unpaired) electrons. The summed E-state index contributed by atoms with van der Waals surface area (Å²) in [5, 5.41) is 11.7. The number of nitrogens with one attached hydrogen (secondary N) is 1. The highest BCUT2D eigenvalue weighted by molar-refractivity contribution is 6.36. The molecular weight excluding hydrogens is 401 g/mol. The van der Waals surface area contributed by atoms with E-state index in [2.05, 4.69) is 15.5 Å². The molecule has 28 heavy (non-hydrogen) atoms. The lowest BCUT2D eigenvalue weighted by Crippen LogP contribution is -2.28. The molecule has 3 rings (SSSR count). The minimum absolute atomic E-state index is 0.244. The van der Waals surface area contributed by atoms with Gasteiger partial charge < -0.3 is 14.8 Å². The van der Waals surface area contributed by atoms with Crippen LogP contribution in [0.25, 0.3) is 11.3 Å². The maximum absolute atomic E-state index is 12.1. The van der Waals surface area contributed by atoms with Crippen LogP contribution in [0.3, 0.4) is 0 Å². The molecule has 144 valence electrons. The lowest BCUT2D eigenvalue weighted by atomic mass is 10.1. The Morgan fingerprint density at radius 1 is 1.04 bits per heavy atom. The van der Waals surface area contributed by atoms with Crippen LogP contribution in [0.4, 0.5) is 0 Å². The van der Waals surface area contributed by atoms with Crippen LogP contribution in [0, 0.1) is 0 Å². The van der Waals surface area contributed by atoms with Crippen LogP contribution in [0.2, 0.25) is 10.0 Å². The van der Waals surface area contributed by atoms with Crippen LogP contribution >= 0.6 is 23.2 Å². The van der Waals surface area contributed by atoms with Gasteiger partial charge in [-0.1, -0.05) is 23.2 Å². The molecule has 0 aliphatic heterocycles. The molecule has 8 heteroatoms. The Bertz CT molecular complexity index is 948. The molecule has 0 saturated carbocycles. The van der Waals surface area contributed by atoms with Crippen molar-refractivity contribution in [2.24, 2.45) is 0 Å². The third-order valence-electron chi connectivity index (χ3n) is 3.84. The second-order valence-corrected chi connectivity index (χ2v) is 6.56. The molecule has 1 heterocycles. The number of hydrogen-bond donors (Lipinski definition) is 1. The van der Waals surface area contributed by atoms with Gasteiger partial charge in [0.1, 0.15) is 12.4 Å². The zero-order valence-corrected chi connectivity index (χ0v) is 16.5. The Morgan fingerprint density at radius 2 is 1.82 bits per heavy atom. The van der Waals surface area contributed by atoms with Crippen molar-refractivity contribution in [3.8, 4) is 22.9 Å². The van der Waals surface area contributed by atoms with Crippen molar-refractivity contribution < 1.29 is 14.3 Å². The van der Waals surface area contributed by atoms with Gasteiger partial charge in [-0.3, -0.25) is 4.79 Å². The van der Waals surface area contributed by atoms with E-state index in [0.717, 1.165) is 17.0 Å². The van der Waals surface area contributed by atoms with E-state index in [9.17, 15) is 4.79 Å². The van der Waals surface area contributed by atoms with Crippen LogP contribution in [0.1, 0.15) is 10.4 Å². The van der Waals surface area contributed by atoms with Gasteiger partial charge in [-0.05, 0) is 48.5 Å². The normalized spacial score (nSPS) is 10.4. The molecule has 0 spiro atoms. The zero-order valence-electron chi connectivity index (χ0n) is 15.0. The molecule has 1 N–H and O–H groups in total. The minimum Gasteiger partial charge on any atom is -0.497 e. The van der Waals surface area contributed by atoms with E-state index < -0.39 is 0 Å². The monoisotopic (exact) mass is 417 g/mol. The number of hydrogen-bond acceptors (Lipinski definition) is 5. The summed E-state index contributed by atoms with van der Waals surface area (Å²) in [6, 6.07) is 15.8. The van der Waals surface area contributed by atoms with E-state index >= 15 is 0 Å². The molecule has 2 aromatic carbocycles. The quantitative estimate of drug-likeness (QED) is 0.581. The summed E-state index contributed by atoms with van der Waals surface area (Å²) in [7, 11) is 1.62. The van der Waals surface area contributed by atoms with Crippen molar-refractivity contribution in [2.45, 2.75) is 0 Å². The zero-order chi connectivity index (χ0) is 19.9. The van der Waals surface area contributed by atoms with Gasteiger partial charge in [-0.15, -0.1) is 10.2 Å². The first kappa shape index (κ1) is 19.9. The number of carbonyl (C=O) groups excluding carboxylic acids is 1. The Hall–Kier alpha value is -2.83. The van der Waals surface area contributed by atoms with Gasteiger partial charge in [0.25, 0.3) is 5.91 Å². The number of nitrogens with zero attached hydrogens (tertiary/aromatic N) is 2. The van der Waals surface area contributed by atoms with Gasteiger partial charge in [-0.2, -0.15) is 0 Å². The topological polar surface area (TPSA) is 73.3 Å². The fourth-order valence-electron chi connectivity index (χ4n) is 2.40. The SMILES string of the molecule is COc1ccc(-c2ccc(OCCNC(=O)c3ccc(Cl)cc3Cl)nn2)cc1. The van der Waals surface area contributed by atoms with Gasteiger partial charge in [-0.25, -0.2) is 0 Å². The molecule has 0 unspecified atom stereocenters. The van der Waals surface area contributed by atoms with Crippen LogP contribution in [0.15, 0.2) is 54.6 Å². The first-order valence-corrected chi connectivity index (χ1v) is 9.16. The summed E-state index contributed by atoms with van der Waals surface area (Å²) < 4.78 is 10.6. The lowest BCUT2D eigenvalue weighted by Gasteiger charge is -2.08. The number of ether oxygens (including phenoxy) is 2. The van der Waals surface area contributed by atoms with Crippen molar-refractivity contribution in [3.63, 3.8) is 0 Å². The average molecular weight is 418 g/mol. The minimum atomic E-state index is -0.300. The third kappa shape index (κ3) is 5.12. The highest BCUT2D eigenvalue weighted by Gasteiger charge is 2.10. The van der Waals surface area contributed by atoms with Crippen molar-refractivity contribution in [2.75, 3.05) is 20.3 Å². The molecule has 6 nitrogen and oxygen atoms in total. The summed E-state index contributed by atoms with van der Waals surface area (Å²) in [4.78, 5) is 12.1. The Labute approximate surface area is 172 Å². The van der Waals surface area contributed by atoms with Crippen LogP contribution in [0.5, 0.6) is 11.6 Å². The molecule has 0 aliphatic carbocycles. The number of rotatable bonds is 7. The number of halogens is 2. The van der Waals surface area contributed by atoms with E-state index in [0.29, 0.717) is 28.0 Å². The fourth-order valence-corrected chi connectivity index (χ4v) is 2.90. The smallest absolute Gasteiger partial charge is 0.252 e. The van der Waals surface area contributed by atoms with Gasteiger partial charge in [0.15, 0.2) is 0 Å². The lowest BCUT2D eigenvalue weighted by molar-refractivity contribution is 0.0946. The highest BCUT2D eigenvalue weighted by atomic mass is 35.5. The summed E-state index contributed by atoms with van der Waals surface area (Å²) in [5.74, 6) is 0.848. The van der Waals surface area contributed by atoms with Crippen LogP contribution < -0.4 is 14.8 Å². The Kier molecular flexibility index (Phi) is 6.68. The first-order chi connectivity index (χ1) is 13.6. The van der Waals surface area contributed by atoms with E-state index in [1.807, 2.05) is 30.3 Å². The van der Waals surface area contributed by atoms with Gasteiger partial charge >= 0.3 is 0 Å². The standard InChI is InChI=1S/C20H17Cl2N3O3/c1-27-15-5-2-13(3-6-15)18-8-9-19(25-24-18)28-11-10-23-20(26)16-7-4-14(21)12-17(16)22/h2-9,12H,10-11H2,1H3,(H,23,26). The van der Waals surface area contributed by atoms with Crippen molar-refractivity contribution in [3.05, 3.63) is 70.2 Å². The predicted octanol–water partition coefficient (Wildman–Crippen LogP) is 4.27. The fraction of sp³-hybridized carbons (Fsp3) is 0.150. The van der Waals surface area contributed by atoms with Crippen LogP contribution in [-0.4, -0.2) is 36.4 Å². The summed E-state index contributed by atoms with van der Waals surface area (Å²) in [5.41, 5.74) is 2.00. The van der Waals surface area contributed by atoms with Crippen molar-refractivity contribution >= 4 is 29.1 Å². The average Bonchev–Trinajstić information content (AvgIpc) is 2.71.